The van der Waals surface area contributed by atoms with Crippen molar-refractivity contribution in [3.63, 3.8) is 0 Å². The maximum Gasteiger partial charge on any atom is 0.244 e. The van der Waals surface area contributed by atoms with Crippen LogP contribution in [0.15, 0.2) is 97.1 Å². The molecule has 0 aromatic heterocycles. The van der Waals surface area contributed by atoms with Crippen LogP contribution in [0.25, 0.3) is 10.8 Å². The van der Waals surface area contributed by atoms with Crippen LogP contribution in [0.1, 0.15) is 18.1 Å². The van der Waals surface area contributed by atoms with Crippen LogP contribution < -0.4 is 9.62 Å². The number of nitrogens with one attached hydrogen (secondary N) is 1. The van der Waals surface area contributed by atoms with E-state index >= 15 is 0 Å². The molecule has 0 aliphatic rings. The SMILES string of the molecule is CCNC(=O)[C@@H](Cc1ccccc1)N(Cc1ccc(Cl)cc1)C(=O)CN(c1cccc2ccccc12)S(C)(=O)=O. The number of halogens is 1. The highest BCUT2D eigenvalue weighted by Crippen LogP contribution is 2.29. The van der Waals surface area contributed by atoms with E-state index in [0.29, 0.717) is 22.6 Å². The van der Waals surface area contributed by atoms with E-state index in [4.69, 9.17) is 11.6 Å². The number of fused-ring (bicyclic) bond motifs is 1. The number of sulfonamides is 1. The third-order valence-corrected chi connectivity index (χ3v) is 7.98. The van der Waals surface area contributed by atoms with Crippen LogP contribution in [0.5, 0.6) is 0 Å². The lowest BCUT2D eigenvalue weighted by molar-refractivity contribution is -0.140. The van der Waals surface area contributed by atoms with Gasteiger partial charge in [-0.05, 0) is 41.6 Å². The van der Waals surface area contributed by atoms with E-state index < -0.39 is 28.5 Å². The molecule has 208 valence electrons. The molecule has 0 saturated heterocycles. The first-order valence-corrected chi connectivity index (χ1v) is 15.2. The smallest absolute Gasteiger partial charge is 0.244 e. The van der Waals surface area contributed by atoms with Crippen LogP contribution in [0.3, 0.4) is 0 Å². The average Bonchev–Trinajstić information content (AvgIpc) is 2.94. The summed E-state index contributed by atoms with van der Waals surface area (Å²) in [6.45, 7) is 1.83. The van der Waals surface area contributed by atoms with Crippen LogP contribution in [0.2, 0.25) is 5.02 Å². The fourth-order valence-corrected chi connectivity index (χ4v) is 5.64. The topological polar surface area (TPSA) is 86.8 Å². The zero-order valence-corrected chi connectivity index (χ0v) is 24.0. The number of hydrogen-bond acceptors (Lipinski definition) is 4. The summed E-state index contributed by atoms with van der Waals surface area (Å²) in [5.74, 6) is -0.815. The summed E-state index contributed by atoms with van der Waals surface area (Å²) in [5.41, 5.74) is 2.04. The van der Waals surface area contributed by atoms with Crippen molar-refractivity contribution in [3.8, 4) is 0 Å². The fraction of sp³-hybridized carbons (Fsp3) is 0.226. The van der Waals surface area contributed by atoms with Crippen molar-refractivity contribution in [2.45, 2.75) is 25.9 Å². The van der Waals surface area contributed by atoms with Gasteiger partial charge < -0.3 is 10.2 Å². The molecule has 4 aromatic carbocycles. The minimum Gasteiger partial charge on any atom is -0.355 e. The lowest BCUT2D eigenvalue weighted by atomic mass is 10.0. The number of rotatable bonds is 11. The molecule has 0 aliphatic carbocycles. The van der Waals surface area contributed by atoms with Crippen LogP contribution in [0.4, 0.5) is 5.69 Å². The Morgan fingerprint density at radius 1 is 0.850 bits per heavy atom. The Hall–Kier alpha value is -3.88. The summed E-state index contributed by atoms with van der Waals surface area (Å²) in [6.07, 6.45) is 1.34. The maximum atomic E-state index is 14.1. The fourth-order valence-electron chi connectivity index (χ4n) is 4.65. The zero-order chi connectivity index (χ0) is 28.7. The first-order valence-electron chi connectivity index (χ1n) is 13.0. The number of carbonyl (C=O) groups is 2. The highest BCUT2D eigenvalue weighted by atomic mass is 35.5. The first-order chi connectivity index (χ1) is 19.2. The summed E-state index contributed by atoms with van der Waals surface area (Å²) in [4.78, 5) is 29.0. The molecule has 4 aromatic rings. The predicted octanol–water partition coefficient (Wildman–Crippen LogP) is 5.04. The van der Waals surface area contributed by atoms with Crippen LogP contribution in [0, 0.1) is 0 Å². The van der Waals surface area contributed by atoms with Gasteiger partial charge in [-0.25, -0.2) is 8.42 Å². The molecule has 0 fully saturated rings. The van der Waals surface area contributed by atoms with Gasteiger partial charge in [0.2, 0.25) is 21.8 Å². The van der Waals surface area contributed by atoms with Crippen LogP contribution in [-0.2, 0) is 32.6 Å². The molecule has 9 heteroatoms. The second-order valence-corrected chi connectivity index (χ2v) is 11.9. The minimum atomic E-state index is -3.86. The van der Waals surface area contributed by atoms with Crippen molar-refractivity contribution in [1.82, 2.24) is 10.2 Å². The molecule has 0 saturated carbocycles. The van der Waals surface area contributed by atoms with E-state index in [9.17, 15) is 18.0 Å². The van der Waals surface area contributed by atoms with Gasteiger partial charge >= 0.3 is 0 Å². The highest BCUT2D eigenvalue weighted by molar-refractivity contribution is 7.92. The molecule has 0 bridgehead atoms. The van der Waals surface area contributed by atoms with Crippen LogP contribution in [-0.4, -0.2) is 50.5 Å². The maximum absolute atomic E-state index is 14.1. The summed E-state index contributed by atoms with van der Waals surface area (Å²) in [7, 11) is -3.86. The lowest BCUT2D eigenvalue weighted by Crippen LogP contribution is -2.53. The quantitative estimate of drug-likeness (QED) is 0.271. The van der Waals surface area contributed by atoms with Gasteiger partial charge in [-0.3, -0.25) is 13.9 Å². The molecule has 7 nitrogen and oxygen atoms in total. The zero-order valence-electron chi connectivity index (χ0n) is 22.5. The molecule has 1 N–H and O–H groups in total. The number of carbonyl (C=O) groups excluding carboxylic acids is 2. The van der Waals surface area contributed by atoms with Gasteiger partial charge in [0.1, 0.15) is 12.6 Å². The van der Waals surface area contributed by atoms with Gasteiger partial charge in [-0.1, -0.05) is 90.5 Å². The van der Waals surface area contributed by atoms with E-state index in [1.165, 1.54) is 4.90 Å². The number of hydrogen-bond donors (Lipinski definition) is 1. The number of likely N-dealkylation sites (N-methyl/N-ethyl adjacent to an activating group) is 1. The second kappa shape index (κ2) is 13.0. The highest BCUT2D eigenvalue weighted by Gasteiger charge is 2.33. The molecule has 0 heterocycles. The van der Waals surface area contributed by atoms with Crippen molar-refractivity contribution >= 4 is 49.9 Å². The number of amides is 2. The summed E-state index contributed by atoms with van der Waals surface area (Å²) in [6, 6.07) is 28.3. The van der Waals surface area contributed by atoms with Gasteiger partial charge in [0.25, 0.3) is 0 Å². The standard InChI is InChI=1S/C31H32ClN3O4S/c1-3-33-31(37)29(20-23-10-5-4-6-11-23)34(21-24-16-18-26(32)19-17-24)30(36)22-35(40(2,38)39)28-15-9-13-25-12-7-8-14-27(25)28/h4-19,29H,3,20-22H2,1-2H3,(H,33,37)/t29-/m1/s1. The molecule has 2 amide bonds. The normalized spacial score (nSPS) is 12.1. The second-order valence-electron chi connectivity index (χ2n) is 9.52. The Balaban J connectivity index is 1.77. The molecule has 0 radical (unpaired) electrons. The number of anilines is 1. The molecular weight excluding hydrogens is 546 g/mol. The Morgan fingerprint density at radius 2 is 1.50 bits per heavy atom. The minimum absolute atomic E-state index is 0.0950. The van der Waals surface area contributed by atoms with Crippen molar-refractivity contribution in [2.24, 2.45) is 0 Å². The third-order valence-electron chi connectivity index (χ3n) is 6.60. The van der Waals surface area contributed by atoms with E-state index in [0.717, 1.165) is 27.1 Å². The van der Waals surface area contributed by atoms with Crippen molar-refractivity contribution in [2.75, 3.05) is 23.7 Å². The van der Waals surface area contributed by atoms with Crippen molar-refractivity contribution < 1.29 is 18.0 Å². The Morgan fingerprint density at radius 3 is 2.17 bits per heavy atom. The largest absolute Gasteiger partial charge is 0.355 e. The molecule has 4 rings (SSSR count). The van der Waals surface area contributed by atoms with Crippen LogP contribution >= 0.6 is 11.6 Å². The van der Waals surface area contributed by atoms with Gasteiger partial charge in [0.15, 0.2) is 0 Å². The van der Waals surface area contributed by atoms with Gasteiger partial charge in [-0.15, -0.1) is 0 Å². The molecule has 0 aliphatic heterocycles. The Labute approximate surface area is 240 Å². The monoisotopic (exact) mass is 577 g/mol. The van der Waals surface area contributed by atoms with Crippen molar-refractivity contribution in [3.05, 3.63) is 113 Å². The molecular formula is C31H32ClN3O4S. The summed E-state index contributed by atoms with van der Waals surface area (Å²) in [5, 5.41) is 4.95. The number of nitrogens with zero attached hydrogens (tertiary/aromatic N) is 2. The van der Waals surface area contributed by atoms with Gasteiger partial charge in [-0.2, -0.15) is 0 Å². The predicted molar refractivity (Wildman–Crippen MR) is 161 cm³/mol. The van der Waals surface area contributed by atoms with Gasteiger partial charge in [0, 0.05) is 29.9 Å². The summed E-state index contributed by atoms with van der Waals surface area (Å²) < 4.78 is 27.3. The first kappa shape index (κ1) is 29.1. The molecule has 1 atom stereocenters. The Kier molecular flexibility index (Phi) is 9.45. The number of benzene rings is 4. The third kappa shape index (κ3) is 7.20. The van der Waals surface area contributed by atoms with E-state index in [1.807, 2.05) is 67.6 Å². The van der Waals surface area contributed by atoms with Gasteiger partial charge in [0.05, 0.1) is 11.9 Å². The molecule has 40 heavy (non-hydrogen) atoms. The van der Waals surface area contributed by atoms with E-state index in [-0.39, 0.29) is 18.9 Å². The molecule has 0 unspecified atom stereocenters. The Bertz CT molecular complexity index is 1570. The average molecular weight is 578 g/mol. The van der Waals surface area contributed by atoms with E-state index in [1.54, 1.807) is 36.4 Å². The molecule has 0 spiro atoms. The summed E-state index contributed by atoms with van der Waals surface area (Å²) >= 11 is 6.09. The lowest BCUT2D eigenvalue weighted by Gasteiger charge is -2.33. The van der Waals surface area contributed by atoms with Crippen molar-refractivity contribution in [1.29, 1.82) is 0 Å². The van der Waals surface area contributed by atoms with E-state index in [2.05, 4.69) is 5.32 Å².